The van der Waals surface area contributed by atoms with Gasteiger partial charge in [0.25, 0.3) is 5.91 Å². The summed E-state index contributed by atoms with van der Waals surface area (Å²) >= 11 is 0. The lowest BCUT2D eigenvalue weighted by molar-refractivity contribution is -0.328. The number of aliphatic hydroxyl groups is 5. The maximum Gasteiger partial charge on any atom is 0.254 e. The molecule has 14 atom stereocenters. The summed E-state index contributed by atoms with van der Waals surface area (Å²) in [7, 11) is 1.63. The van der Waals surface area contributed by atoms with E-state index in [1.54, 1.807) is 24.1 Å². The first kappa shape index (κ1) is 57.4. The van der Waals surface area contributed by atoms with Crippen LogP contribution in [0.4, 0.5) is 0 Å². The molecule has 5 heterocycles. The average Bonchev–Trinajstić information content (AvgIpc) is 1.65. The number of fused-ring (bicyclic) bond motifs is 11. The molecule has 1 aromatic heterocycles. The molecule has 476 valence electrons. The van der Waals surface area contributed by atoms with Crippen LogP contribution in [0.2, 0.25) is 0 Å². The Kier molecular flexibility index (Phi) is 13.0. The fourth-order valence-electron chi connectivity index (χ4n) is 22.9. The highest BCUT2D eigenvalue weighted by Crippen LogP contribution is 2.73. The Balaban J connectivity index is 0.874. The lowest BCUT2D eigenvalue weighted by Gasteiger charge is -2.53. The normalized spacial score (nSPS) is 36.4. The van der Waals surface area contributed by atoms with Gasteiger partial charge >= 0.3 is 0 Å². The lowest BCUT2D eigenvalue weighted by atomic mass is 9.52. The number of methoxy groups -OCH3 is 1. The summed E-state index contributed by atoms with van der Waals surface area (Å²) in [4.78, 5) is 35.6. The van der Waals surface area contributed by atoms with E-state index in [-0.39, 0.29) is 89.2 Å². The third-order valence-corrected chi connectivity index (χ3v) is 26.6. The number of rotatable bonds is 6. The average molecular weight is 1230 g/mol. The molecule has 8 bridgehead atoms. The number of nitrogens with one attached hydrogen (secondary N) is 1. The number of hydrogen-bond acceptors (Lipinski definition) is 13. The number of ketones is 1. The summed E-state index contributed by atoms with van der Waals surface area (Å²) in [6.07, 6.45) is 25.9. The number of phenols is 1. The number of ether oxygens (including phenoxy) is 5. The summed E-state index contributed by atoms with van der Waals surface area (Å²) in [6.45, 7) is -1.17. The highest BCUT2D eigenvalue weighted by Gasteiger charge is 2.67. The highest BCUT2D eigenvalue weighted by atomic mass is 16.7. The topological polar surface area (TPSA) is 221 Å². The SMILES string of the molecule is COc1c2c3c4c(O)c(c5c6c4c1CCC6=C[C@@H]1CCC[C@H]51)C(=O)CN1Cc4c(cccc4C1=O)CC#CO[C@H]1[C@H](O)[C@@H](CO[C@@H](c4c[nH]c5cc6c7c(c45)C[C@]4(C[C@H](CCCO)CC45CCCC5)C[C@H]4C[C@H]5CCC[C@@]5(O)C[C@@]74CC6)/C=C/2)O[C@H](O3)[C@@]1(O)CO. The van der Waals surface area contributed by atoms with Crippen LogP contribution in [0.15, 0.2) is 42.6 Å². The van der Waals surface area contributed by atoms with Gasteiger partial charge in [0, 0.05) is 64.2 Å². The second-order valence-corrected chi connectivity index (χ2v) is 30.6. The van der Waals surface area contributed by atoms with Gasteiger partial charge in [-0.1, -0.05) is 55.9 Å². The van der Waals surface area contributed by atoms with E-state index in [0.29, 0.717) is 52.9 Å². The maximum atomic E-state index is 15.8. The van der Waals surface area contributed by atoms with Crippen molar-refractivity contribution in [2.45, 2.75) is 207 Å². The van der Waals surface area contributed by atoms with Crippen molar-refractivity contribution >= 4 is 45.0 Å². The van der Waals surface area contributed by atoms with Gasteiger partial charge in [-0.3, -0.25) is 9.59 Å². The first-order valence-electron chi connectivity index (χ1n) is 34.6. The van der Waals surface area contributed by atoms with E-state index in [1.165, 1.54) is 48.8 Å². The fourth-order valence-corrected chi connectivity index (χ4v) is 22.9. The van der Waals surface area contributed by atoms with Crippen molar-refractivity contribution in [2.75, 3.05) is 33.5 Å². The van der Waals surface area contributed by atoms with Crippen molar-refractivity contribution in [1.29, 1.82) is 0 Å². The van der Waals surface area contributed by atoms with Gasteiger partial charge in [-0.25, -0.2) is 0 Å². The van der Waals surface area contributed by atoms with Crippen molar-refractivity contribution in [3.8, 4) is 29.3 Å². The Morgan fingerprint density at radius 2 is 1.75 bits per heavy atom. The van der Waals surface area contributed by atoms with Crippen LogP contribution in [-0.2, 0) is 51.9 Å². The minimum atomic E-state index is -2.49. The van der Waals surface area contributed by atoms with E-state index in [4.69, 9.17) is 23.7 Å². The van der Waals surface area contributed by atoms with E-state index >= 15 is 4.79 Å². The largest absolute Gasteiger partial charge is 0.506 e. The Hall–Kier alpha value is -6.22. The number of aryl methyl sites for hydroxylation is 2. The summed E-state index contributed by atoms with van der Waals surface area (Å²) in [5, 5.41) is 76.3. The zero-order valence-electron chi connectivity index (χ0n) is 52.2. The standard InChI is InChI=1S/C76H84N2O13/c1-87-67-49-17-16-43-27-42-11-5-14-47(42)60-58(43)61(49)63-66(83)62(60)55(81)36-78-35-53-41(10-4-15-48(53)70(78)84)12-8-26-88-69-65(82)57-37-89-56(19-18-50(67)68(63)91-71(90-57)76(69,86)39-80)52-34-77-54-28-44-20-24-74-38-75(85)23-6-13-45(75)29-46(74)32-73(33-51(59(52)54)64(44)74)31-40(9-7-25-79)30-72(73)21-2-3-22-72/h4,10,15,18-19,27-28,34,40,42,45-47,56-57,65,69,71,77,79-80,82-83,85-86H,2-3,5-7,9,11-14,16-17,20-25,29-33,35-39H2,1H3/b19-18+/t40-,42+,45-,46-,47+,56-,57-,65-,69+,71-,73+,74-,75-,76-/m1/s1. The molecule has 18 rings (SSSR count). The van der Waals surface area contributed by atoms with E-state index in [0.717, 1.165) is 146 Å². The van der Waals surface area contributed by atoms with Crippen LogP contribution in [0, 0.1) is 46.5 Å². The first-order valence-corrected chi connectivity index (χ1v) is 34.6. The molecule has 13 aliphatic rings. The van der Waals surface area contributed by atoms with Crippen molar-refractivity contribution in [3.05, 3.63) is 109 Å². The van der Waals surface area contributed by atoms with Crippen molar-refractivity contribution in [2.24, 2.45) is 34.5 Å². The molecule has 5 saturated carbocycles. The third-order valence-electron chi connectivity index (χ3n) is 26.6. The molecular formula is C76H84N2O13. The van der Waals surface area contributed by atoms with Crippen LogP contribution < -0.4 is 9.47 Å². The zero-order valence-corrected chi connectivity index (χ0v) is 52.2. The molecule has 1 amide bonds. The molecule has 6 fully saturated rings. The fraction of sp³-hybridized carbons (Fsp3) is 0.579. The number of allylic oxidation sites excluding steroid dienone is 2. The summed E-state index contributed by atoms with van der Waals surface area (Å²) in [5.41, 5.74) is 8.93. The molecule has 4 aliphatic heterocycles. The Labute approximate surface area is 530 Å². The van der Waals surface area contributed by atoms with E-state index < -0.39 is 54.3 Å². The van der Waals surface area contributed by atoms with Gasteiger partial charge in [0.15, 0.2) is 17.5 Å². The third kappa shape index (κ3) is 7.99. The lowest BCUT2D eigenvalue weighted by Crippen LogP contribution is -2.70. The number of aromatic hydroxyl groups is 1. The maximum absolute atomic E-state index is 15.8. The van der Waals surface area contributed by atoms with Gasteiger partial charge < -0.3 is 64.2 Å². The van der Waals surface area contributed by atoms with Gasteiger partial charge in [-0.2, -0.15) is 0 Å². The number of aliphatic hydroxyl groups excluding tert-OH is 3. The molecular weight excluding hydrogens is 1150 g/mol. The van der Waals surface area contributed by atoms with Gasteiger partial charge in [0.05, 0.1) is 49.0 Å². The molecule has 5 aromatic rings. The molecule has 15 nitrogen and oxygen atoms in total. The zero-order chi connectivity index (χ0) is 61.7. The Morgan fingerprint density at radius 3 is 2.59 bits per heavy atom. The van der Waals surface area contributed by atoms with Crippen LogP contribution >= 0.6 is 0 Å². The van der Waals surface area contributed by atoms with Gasteiger partial charge in [0.2, 0.25) is 6.29 Å². The number of phenolic OH excluding ortho intramolecular Hbond substituents is 1. The number of amides is 1. The Bertz CT molecular complexity index is 4090. The minimum absolute atomic E-state index is 0.00773. The number of carbonyl (C=O) groups is 2. The number of nitrogens with zero attached hydrogens (tertiary/aromatic N) is 1. The summed E-state index contributed by atoms with van der Waals surface area (Å²) in [5.74, 6) is 3.89. The van der Waals surface area contributed by atoms with E-state index in [1.807, 2.05) is 18.2 Å². The molecule has 0 radical (unpaired) electrons. The van der Waals surface area contributed by atoms with Gasteiger partial charge in [-0.05, 0) is 219 Å². The summed E-state index contributed by atoms with van der Waals surface area (Å²) < 4.78 is 34.4. The molecule has 4 aromatic carbocycles. The number of benzene rings is 4. The number of Topliss-reactive ketones (excluding diaryl/α,β-unsaturated/α-hetero) is 1. The van der Waals surface area contributed by atoms with Crippen molar-refractivity contribution < 1.29 is 63.9 Å². The van der Waals surface area contributed by atoms with Gasteiger partial charge in [0.1, 0.15) is 41.7 Å². The quantitative estimate of drug-likeness (QED) is 0.0788. The molecule has 1 saturated heterocycles. The van der Waals surface area contributed by atoms with Crippen LogP contribution in [-0.4, -0.2) is 121 Å². The van der Waals surface area contributed by atoms with Crippen molar-refractivity contribution in [1.82, 2.24) is 9.88 Å². The number of hydrogen-bond donors (Lipinski definition) is 7. The number of aromatic amines is 1. The predicted octanol–water partition coefficient (Wildman–Crippen LogP) is 10.8. The molecule has 91 heavy (non-hydrogen) atoms. The predicted molar refractivity (Wildman–Crippen MR) is 339 cm³/mol. The molecule has 7 N–H and O–H groups in total. The minimum Gasteiger partial charge on any atom is -0.506 e. The second kappa shape index (κ2) is 20.6. The van der Waals surface area contributed by atoms with E-state index in [2.05, 4.69) is 35.4 Å². The van der Waals surface area contributed by atoms with Gasteiger partial charge in [-0.15, -0.1) is 0 Å². The second-order valence-electron chi connectivity index (χ2n) is 30.6. The first-order chi connectivity index (χ1) is 44.2. The van der Waals surface area contributed by atoms with E-state index in [9.17, 15) is 35.4 Å². The molecule has 0 unspecified atom stereocenters. The van der Waals surface area contributed by atoms with Crippen LogP contribution in [0.1, 0.15) is 210 Å². The van der Waals surface area contributed by atoms with Crippen LogP contribution in [0.3, 0.4) is 0 Å². The molecule has 15 heteroatoms. The number of H-pyrrole nitrogens is 1. The number of carbonyl (C=O) groups excluding carboxylic acids is 2. The number of aromatic nitrogens is 1. The monoisotopic (exact) mass is 1230 g/mol. The van der Waals surface area contributed by atoms with Crippen molar-refractivity contribution in [3.63, 3.8) is 0 Å². The molecule has 9 aliphatic carbocycles. The van der Waals surface area contributed by atoms with Crippen LogP contribution in [0.5, 0.6) is 17.2 Å². The smallest absolute Gasteiger partial charge is 0.254 e. The Morgan fingerprint density at radius 1 is 0.879 bits per heavy atom. The van der Waals surface area contributed by atoms with Crippen LogP contribution in [0.25, 0.3) is 33.3 Å². The molecule has 3 spiro atoms. The highest BCUT2D eigenvalue weighted by molar-refractivity contribution is 6.17. The summed E-state index contributed by atoms with van der Waals surface area (Å²) in [6, 6.07) is 7.83.